The predicted molar refractivity (Wildman–Crippen MR) is 146 cm³/mol. The number of hydrogen-bond acceptors (Lipinski definition) is 6. The van der Waals surface area contributed by atoms with Crippen LogP contribution in [0.5, 0.6) is 11.5 Å². The molecule has 1 aliphatic heterocycles. The first-order valence-corrected chi connectivity index (χ1v) is 12.4. The fourth-order valence-electron chi connectivity index (χ4n) is 4.60. The van der Waals surface area contributed by atoms with E-state index in [2.05, 4.69) is 18.7 Å². The highest BCUT2D eigenvalue weighted by Crippen LogP contribution is 2.44. The lowest BCUT2D eigenvalue weighted by Crippen LogP contribution is -2.29. The highest BCUT2D eigenvalue weighted by Gasteiger charge is 2.47. The van der Waals surface area contributed by atoms with Gasteiger partial charge in [0.25, 0.3) is 11.7 Å². The molecule has 1 heterocycles. The minimum Gasteiger partial charge on any atom is -0.507 e. The van der Waals surface area contributed by atoms with Crippen LogP contribution < -0.4 is 19.3 Å². The van der Waals surface area contributed by atoms with E-state index in [1.165, 1.54) is 25.2 Å². The van der Waals surface area contributed by atoms with E-state index in [1.807, 2.05) is 24.3 Å². The number of ether oxygens (including phenoxy) is 2. The zero-order valence-electron chi connectivity index (χ0n) is 21.2. The van der Waals surface area contributed by atoms with E-state index in [1.54, 1.807) is 36.4 Å². The lowest BCUT2D eigenvalue weighted by atomic mass is 9.95. The fraction of sp³-hybridized carbons (Fsp3) is 0.241. The largest absolute Gasteiger partial charge is 0.507 e. The fourth-order valence-corrected chi connectivity index (χ4v) is 4.80. The SMILES string of the molecule is CCN(CC)c1ccc(N2C(=O)C(=O)/C(=C(/O)c3cc(OC)ccc3Cl)C2c2cccc(OC)c2)cc1. The monoisotopic (exact) mass is 520 g/mol. The molecule has 3 aromatic rings. The van der Waals surface area contributed by atoms with Crippen molar-refractivity contribution in [1.82, 2.24) is 0 Å². The molecule has 0 bridgehead atoms. The number of aliphatic hydroxyl groups excluding tert-OH is 1. The average molecular weight is 521 g/mol. The first-order chi connectivity index (χ1) is 17.8. The third-order valence-electron chi connectivity index (χ3n) is 6.54. The number of amides is 1. The zero-order chi connectivity index (χ0) is 26.7. The van der Waals surface area contributed by atoms with Crippen molar-refractivity contribution in [3.8, 4) is 11.5 Å². The van der Waals surface area contributed by atoms with Crippen molar-refractivity contribution in [3.63, 3.8) is 0 Å². The zero-order valence-corrected chi connectivity index (χ0v) is 22.0. The predicted octanol–water partition coefficient (Wildman–Crippen LogP) is 5.83. The van der Waals surface area contributed by atoms with Gasteiger partial charge < -0.3 is 19.5 Å². The summed E-state index contributed by atoms with van der Waals surface area (Å²) in [6, 6.07) is 18.4. The number of benzene rings is 3. The minimum absolute atomic E-state index is 0.0683. The van der Waals surface area contributed by atoms with E-state index in [-0.39, 0.29) is 21.9 Å². The van der Waals surface area contributed by atoms with Gasteiger partial charge in [-0.3, -0.25) is 14.5 Å². The molecule has 0 aromatic heterocycles. The number of Topliss-reactive ketones (excluding diaryl/α,β-unsaturated/α-hetero) is 1. The van der Waals surface area contributed by atoms with E-state index in [4.69, 9.17) is 21.1 Å². The summed E-state index contributed by atoms with van der Waals surface area (Å²) in [4.78, 5) is 30.5. The molecular weight excluding hydrogens is 492 g/mol. The van der Waals surface area contributed by atoms with Crippen LogP contribution in [-0.2, 0) is 9.59 Å². The Morgan fingerprint density at radius 3 is 2.22 bits per heavy atom. The van der Waals surface area contributed by atoms with Crippen molar-refractivity contribution in [3.05, 3.63) is 88.5 Å². The van der Waals surface area contributed by atoms with E-state index in [9.17, 15) is 14.7 Å². The molecule has 1 atom stereocenters. The summed E-state index contributed by atoms with van der Waals surface area (Å²) in [6.07, 6.45) is 0. The number of aliphatic hydroxyl groups is 1. The number of rotatable bonds is 8. The second kappa shape index (κ2) is 11.0. The molecule has 4 rings (SSSR count). The van der Waals surface area contributed by atoms with Crippen LogP contribution in [-0.4, -0.2) is 44.1 Å². The van der Waals surface area contributed by atoms with E-state index >= 15 is 0 Å². The maximum atomic E-state index is 13.5. The van der Waals surface area contributed by atoms with Crippen LogP contribution in [0.2, 0.25) is 5.02 Å². The summed E-state index contributed by atoms with van der Waals surface area (Å²) in [5.41, 5.74) is 2.27. The molecule has 1 amide bonds. The highest BCUT2D eigenvalue weighted by atomic mass is 35.5. The average Bonchev–Trinajstić information content (AvgIpc) is 3.19. The summed E-state index contributed by atoms with van der Waals surface area (Å²) in [7, 11) is 3.03. The third kappa shape index (κ3) is 4.87. The van der Waals surface area contributed by atoms with Crippen molar-refractivity contribution in [2.24, 2.45) is 0 Å². The summed E-state index contributed by atoms with van der Waals surface area (Å²) in [5, 5.41) is 11.6. The van der Waals surface area contributed by atoms with Crippen molar-refractivity contribution < 1.29 is 24.2 Å². The summed E-state index contributed by atoms with van der Waals surface area (Å²) in [5.74, 6) is -0.928. The van der Waals surface area contributed by atoms with Gasteiger partial charge >= 0.3 is 0 Å². The molecule has 1 aliphatic rings. The molecule has 0 spiro atoms. The molecule has 37 heavy (non-hydrogen) atoms. The van der Waals surface area contributed by atoms with Gasteiger partial charge in [-0.15, -0.1) is 0 Å². The summed E-state index contributed by atoms with van der Waals surface area (Å²) >= 11 is 6.40. The van der Waals surface area contributed by atoms with Crippen molar-refractivity contribution >= 4 is 40.4 Å². The Morgan fingerprint density at radius 2 is 1.59 bits per heavy atom. The van der Waals surface area contributed by atoms with Crippen molar-refractivity contribution in [1.29, 1.82) is 0 Å². The molecule has 3 aromatic carbocycles. The molecule has 0 aliphatic carbocycles. The number of methoxy groups -OCH3 is 2. The van der Waals surface area contributed by atoms with E-state index in [0.29, 0.717) is 22.7 Å². The highest BCUT2D eigenvalue weighted by molar-refractivity contribution is 6.52. The van der Waals surface area contributed by atoms with Gasteiger partial charge in [0.15, 0.2) is 0 Å². The normalized spacial score (nSPS) is 16.7. The van der Waals surface area contributed by atoms with Crippen LogP contribution in [0.4, 0.5) is 11.4 Å². The lowest BCUT2D eigenvalue weighted by molar-refractivity contribution is -0.132. The number of carbonyl (C=O) groups excluding carboxylic acids is 2. The Morgan fingerprint density at radius 1 is 0.946 bits per heavy atom. The Labute approximate surface area is 221 Å². The van der Waals surface area contributed by atoms with Gasteiger partial charge in [-0.1, -0.05) is 23.7 Å². The van der Waals surface area contributed by atoms with Gasteiger partial charge in [-0.25, -0.2) is 0 Å². The number of nitrogens with zero attached hydrogens (tertiary/aromatic N) is 2. The van der Waals surface area contributed by atoms with Gasteiger partial charge in [0.1, 0.15) is 17.3 Å². The van der Waals surface area contributed by atoms with Crippen LogP contribution in [0.25, 0.3) is 5.76 Å². The van der Waals surface area contributed by atoms with Gasteiger partial charge in [-0.2, -0.15) is 0 Å². The number of anilines is 2. The second-order valence-corrected chi connectivity index (χ2v) is 8.89. The van der Waals surface area contributed by atoms with E-state index < -0.39 is 17.7 Å². The molecule has 0 radical (unpaired) electrons. The van der Waals surface area contributed by atoms with Crippen molar-refractivity contribution in [2.75, 3.05) is 37.1 Å². The number of ketones is 1. The van der Waals surface area contributed by atoms with Crippen LogP contribution in [0.3, 0.4) is 0 Å². The minimum atomic E-state index is -0.906. The lowest BCUT2D eigenvalue weighted by Gasteiger charge is -2.27. The van der Waals surface area contributed by atoms with Gasteiger partial charge in [-0.05, 0) is 74.0 Å². The van der Waals surface area contributed by atoms with E-state index in [0.717, 1.165) is 18.8 Å². The molecule has 1 saturated heterocycles. The van der Waals surface area contributed by atoms with Crippen LogP contribution >= 0.6 is 11.6 Å². The van der Waals surface area contributed by atoms with Crippen molar-refractivity contribution in [2.45, 2.75) is 19.9 Å². The number of hydrogen-bond donors (Lipinski definition) is 1. The number of carbonyl (C=O) groups is 2. The maximum Gasteiger partial charge on any atom is 0.300 e. The Kier molecular flexibility index (Phi) is 7.74. The van der Waals surface area contributed by atoms with Crippen LogP contribution in [0.1, 0.15) is 31.0 Å². The maximum absolute atomic E-state index is 13.5. The molecule has 0 saturated carbocycles. The van der Waals surface area contributed by atoms with Gasteiger partial charge in [0.05, 0.1) is 30.9 Å². The quantitative estimate of drug-likeness (QED) is 0.229. The van der Waals surface area contributed by atoms with Gasteiger partial charge in [0.2, 0.25) is 0 Å². The van der Waals surface area contributed by atoms with Gasteiger partial charge in [0, 0.05) is 30.0 Å². The first kappa shape index (κ1) is 26.1. The first-order valence-electron chi connectivity index (χ1n) is 12.0. The third-order valence-corrected chi connectivity index (χ3v) is 6.87. The summed E-state index contributed by atoms with van der Waals surface area (Å²) < 4.78 is 10.7. The molecule has 1 N–H and O–H groups in total. The van der Waals surface area contributed by atoms with Crippen LogP contribution in [0, 0.1) is 0 Å². The molecular formula is C29H29ClN2O5. The Balaban J connectivity index is 1.92. The molecule has 1 unspecified atom stereocenters. The Bertz CT molecular complexity index is 1350. The molecule has 8 heteroatoms. The molecule has 7 nitrogen and oxygen atoms in total. The topological polar surface area (TPSA) is 79.3 Å². The summed E-state index contributed by atoms with van der Waals surface area (Å²) in [6.45, 7) is 5.82. The smallest absolute Gasteiger partial charge is 0.300 e. The van der Waals surface area contributed by atoms with Crippen LogP contribution in [0.15, 0.2) is 72.3 Å². The standard InChI is InChI=1S/C29H29ClN2O5/c1-5-31(6-2)19-10-12-20(13-11-19)32-26(18-8-7-9-21(16-18)36-3)25(28(34)29(32)35)27(33)23-17-22(37-4)14-15-24(23)30/h7-17,26,33H,5-6H2,1-4H3/b27-25+. The molecule has 1 fully saturated rings. The Hall–Kier alpha value is -3.97. The molecule has 192 valence electrons. The second-order valence-electron chi connectivity index (χ2n) is 8.48. The number of halogens is 1.